The minimum atomic E-state index is -4.57. The van der Waals surface area contributed by atoms with Crippen molar-refractivity contribution < 1.29 is 22.8 Å². The van der Waals surface area contributed by atoms with Gasteiger partial charge < -0.3 is 5.32 Å². The van der Waals surface area contributed by atoms with Crippen LogP contribution >= 0.6 is 34.4 Å². The third kappa shape index (κ3) is 5.39. The lowest BCUT2D eigenvalue weighted by Crippen LogP contribution is -2.37. The van der Waals surface area contributed by atoms with Crippen LogP contribution in [0.2, 0.25) is 0 Å². The Kier molecular flexibility index (Phi) is 7.05. The molecule has 0 unspecified atom stereocenters. The number of thioether (sulfide) groups is 1. The number of halogens is 3. The number of amides is 2. The quantitative estimate of drug-likeness (QED) is 0.309. The molecule has 33 heavy (non-hydrogen) atoms. The molecule has 2 aromatic heterocycles. The number of rotatable bonds is 7. The summed E-state index contributed by atoms with van der Waals surface area (Å²) in [7, 11) is 0. The van der Waals surface area contributed by atoms with E-state index in [2.05, 4.69) is 20.8 Å². The number of thiophene rings is 1. The number of benzene rings is 1. The van der Waals surface area contributed by atoms with E-state index >= 15 is 0 Å². The molecule has 1 fully saturated rings. The van der Waals surface area contributed by atoms with Crippen molar-refractivity contribution in [1.82, 2.24) is 10.2 Å². The van der Waals surface area contributed by atoms with Crippen LogP contribution in [-0.2, 0) is 21.2 Å². The maximum absolute atomic E-state index is 13.1. The Morgan fingerprint density at radius 1 is 1.06 bits per heavy atom. The molecule has 0 atom stereocenters. The second kappa shape index (κ2) is 9.82. The van der Waals surface area contributed by atoms with Gasteiger partial charge in [0.25, 0.3) is 0 Å². The van der Waals surface area contributed by atoms with Gasteiger partial charge in [0, 0.05) is 4.88 Å². The minimum absolute atomic E-state index is 0.114. The summed E-state index contributed by atoms with van der Waals surface area (Å²) in [5.74, 6) is -0.856. The summed E-state index contributed by atoms with van der Waals surface area (Å²) in [5.41, 5.74) is -1.76. The molecule has 1 aromatic carbocycles. The summed E-state index contributed by atoms with van der Waals surface area (Å²) in [4.78, 5) is 26.3. The molecule has 0 bridgehead atoms. The molecule has 2 N–H and O–H groups in total. The molecule has 2 heterocycles. The number of aromatic nitrogens is 2. The summed E-state index contributed by atoms with van der Waals surface area (Å²) < 4.78 is 39.7. The van der Waals surface area contributed by atoms with Gasteiger partial charge in [0.1, 0.15) is 0 Å². The van der Waals surface area contributed by atoms with E-state index in [-0.39, 0.29) is 17.3 Å². The molecular weight excluding hydrogens is 493 g/mol. The number of hydrogen-bond acceptors (Lipinski definition) is 7. The fourth-order valence-corrected chi connectivity index (χ4v) is 6.33. The Morgan fingerprint density at radius 2 is 1.82 bits per heavy atom. The van der Waals surface area contributed by atoms with Gasteiger partial charge in [-0.1, -0.05) is 54.1 Å². The minimum Gasteiger partial charge on any atom is -0.325 e. The van der Waals surface area contributed by atoms with E-state index in [1.54, 1.807) is 11.3 Å². The first-order chi connectivity index (χ1) is 15.8. The van der Waals surface area contributed by atoms with Crippen LogP contribution in [0, 0.1) is 0 Å². The number of nitrogens with zero attached hydrogens (tertiary/aromatic N) is 2. The van der Waals surface area contributed by atoms with Crippen molar-refractivity contribution in [1.29, 1.82) is 0 Å². The van der Waals surface area contributed by atoms with Crippen molar-refractivity contribution in [2.24, 2.45) is 0 Å². The van der Waals surface area contributed by atoms with Gasteiger partial charge in [-0.2, -0.15) is 13.2 Å². The van der Waals surface area contributed by atoms with Gasteiger partial charge in [-0.05, 0) is 36.4 Å². The highest BCUT2D eigenvalue weighted by Crippen LogP contribution is 2.44. The second-order valence-electron chi connectivity index (χ2n) is 7.47. The number of nitrogens with one attached hydrogen (secondary N) is 2. The van der Waals surface area contributed by atoms with Gasteiger partial charge in [0.2, 0.25) is 16.9 Å². The lowest BCUT2D eigenvalue weighted by molar-refractivity contribution is -0.137. The first-order valence-electron chi connectivity index (χ1n) is 10.1. The lowest BCUT2D eigenvalue weighted by atomic mass is 9.83. The molecule has 12 heteroatoms. The number of para-hydroxylation sites is 1. The molecule has 1 aliphatic rings. The summed E-state index contributed by atoms with van der Waals surface area (Å²) in [6.45, 7) is 0. The molecule has 0 spiro atoms. The normalized spacial score (nSPS) is 15.4. The number of alkyl halides is 3. The van der Waals surface area contributed by atoms with Crippen LogP contribution in [0.1, 0.15) is 36.1 Å². The van der Waals surface area contributed by atoms with Gasteiger partial charge in [0.05, 0.1) is 22.4 Å². The zero-order valence-electron chi connectivity index (χ0n) is 17.1. The van der Waals surface area contributed by atoms with E-state index in [9.17, 15) is 22.8 Å². The molecule has 0 radical (unpaired) electrons. The van der Waals surface area contributed by atoms with E-state index in [0.717, 1.165) is 59.7 Å². The molecule has 3 aromatic rings. The van der Waals surface area contributed by atoms with Crippen LogP contribution < -0.4 is 10.6 Å². The third-order valence-corrected chi connectivity index (χ3v) is 8.39. The fraction of sp³-hybridized carbons (Fsp3) is 0.333. The maximum atomic E-state index is 13.1. The van der Waals surface area contributed by atoms with E-state index in [1.165, 1.54) is 18.2 Å². The van der Waals surface area contributed by atoms with E-state index in [0.29, 0.717) is 9.47 Å². The molecule has 2 amide bonds. The monoisotopic (exact) mass is 512 g/mol. The predicted molar refractivity (Wildman–Crippen MR) is 124 cm³/mol. The van der Waals surface area contributed by atoms with Crippen LogP contribution in [0.5, 0.6) is 0 Å². The number of carbonyl (C=O) groups excluding carboxylic acids is 2. The van der Waals surface area contributed by atoms with Gasteiger partial charge >= 0.3 is 6.18 Å². The highest BCUT2D eigenvalue weighted by atomic mass is 32.2. The third-order valence-electron chi connectivity index (χ3n) is 5.34. The van der Waals surface area contributed by atoms with Crippen molar-refractivity contribution in [3.05, 3.63) is 52.2 Å². The summed E-state index contributed by atoms with van der Waals surface area (Å²) >= 11 is 3.73. The largest absolute Gasteiger partial charge is 0.418 e. The maximum Gasteiger partial charge on any atom is 0.418 e. The number of hydrogen-bond donors (Lipinski definition) is 2. The van der Waals surface area contributed by atoms with Crippen LogP contribution in [0.4, 0.5) is 24.0 Å². The van der Waals surface area contributed by atoms with E-state index in [4.69, 9.17) is 0 Å². The number of carbonyl (C=O) groups is 2. The molecule has 0 saturated heterocycles. The Hall–Kier alpha value is -2.44. The van der Waals surface area contributed by atoms with Crippen molar-refractivity contribution in [3.8, 4) is 0 Å². The topological polar surface area (TPSA) is 84.0 Å². The van der Waals surface area contributed by atoms with Gasteiger partial charge in [-0.25, -0.2) is 0 Å². The zero-order chi connectivity index (χ0) is 23.5. The fourth-order valence-electron chi connectivity index (χ4n) is 3.80. The van der Waals surface area contributed by atoms with Gasteiger partial charge in [-0.15, -0.1) is 21.5 Å². The Labute approximate surface area is 200 Å². The van der Waals surface area contributed by atoms with Crippen LogP contribution in [-0.4, -0.2) is 27.8 Å². The highest BCUT2D eigenvalue weighted by molar-refractivity contribution is 8.01. The smallest absolute Gasteiger partial charge is 0.325 e. The van der Waals surface area contributed by atoms with Gasteiger partial charge in [-0.3, -0.25) is 14.9 Å². The van der Waals surface area contributed by atoms with E-state index < -0.39 is 23.1 Å². The molecule has 1 aliphatic carbocycles. The van der Waals surface area contributed by atoms with Gasteiger partial charge in [0.15, 0.2) is 4.34 Å². The molecule has 0 aliphatic heterocycles. The van der Waals surface area contributed by atoms with Crippen LogP contribution in [0.3, 0.4) is 0 Å². The zero-order valence-corrected chi connectivity index (χ0v) is 19.6. The molecule has 174 valence electrons. The lowest BCUT2D eigenvalue weighted by Gasteiger charge is -2.25. The van der Waals surface area contributed by atoms with Crippen molar-refractivity contribution >= 4 is 57.1 Å². The predicted octanol–water partition coefficient (Wildman–Crippen LogP) is 5.80. The second-order valence-corrected chi connectivity index (χ2v) is 10.6. The van der Waals surface area contributed by atoms with Crippen LogP contribution in [0.15, 0.2) is 46.1 Å². The van der Waals surface area contributed by atoms with Crippen molar-refractivity contribution in [3.63, 3.8) is 0 Å². The standard InChI is InChI=1S/C21H19F3N4O2S3/c22-21(23,24)13-6-1-2-7-14(13)25-16(29)12-32-19-28-27-18(33-19)26-17(30)20(9-3-4-10-20)15-8-5-11-31-15/h1-2,5-8,11H,3-4,9-10,12H2,(H,25,29)(H,26,27,30). The SMILES string of the molecule is O=C(CSc1nnc(NC(=O)C2(c3cccs3)CCCC2)s1)Nc1ccccc1C(F)(F)F. The summed E-state index contributed by atoms with van der Waals surface area (Å²) in [5, 5.41) is 15.4. The summed E-state index contributed by atoms with van der Waals surface area (Å²) in [6.07, 6.45) is -1.05. The molecular formula is C21H19F3N4O2S3. The number of anilines is 2. The Morgan fingerprint density at radius 3 is 2.52 bits per heavy atom. The molecule has 6 nitrogen and oxygen atoms in total. The van der Waals surface area contributed by atoms with Crippen LogP contribution in [0.25, 0.3) is 0 Å². The summed E-state index contributed by atoms with van der Waals surface area (Å²) in [6, 6.07) is 8.72. The Balaban J connectivity index is 1.35. The Bertz CT molecular complexity index is 1130. The molecule has 1 saturated carbocycles. The van der Waals surface area contributed by atoms with Crippen molar-refractivity contribution in [2.75, 3.05) is 16.4 Å². The van der Waals surface area contributed by atoms with E-state index in [1.807, 2.05) is 17.5 Å². The first-order valence-corrected chi connectivity index (χ1v) is 12.7. The molecule has 4 rings (SSSR count). The average Bonchev–Trinajstić information content (AvgIpc) is 3.53. The highest BCUT2D eigenvalue weighted by Gasteiger charge is 2.43. The van der Waals surface area contributed by atoms with Crippen molar-refractivity contribution in [2.45, 2.75) is 41.6 Å². The first kappa shape index (κ1) is 23.7. The average molecular weight is 513 g/mol.